The summed E-state index contributed by atoms with van der Waals surface area (Å²) in [6, 6.07) is 6.05. The molecule has 84 valence electrons. The van der Waals surface area contributed by atoms with Crippen LogP contribution in [0.25, 0.3) is 11.0 Å². The van der Waals surface area contributed by atoms with Crippen LogP contribution in [0.3, 0.4) is 0 Å². The van der Waals surface area contributed by atoms with Crippen molar-refractivity contribution in [1.82, 2.24) is 9.97 Å². The van der Waals surface area contributed by atoms with Crippen molar-refractivity contribution in [2.75, 3.05) is 0 Å². The highest BCUT2D eigenvalue weighted by Crippen LogP contribution is 2.31. The van der Waals surface area contributed by atoms with Gasteiger partial charge in [-0.3, -0.25) is 9.97 Å². The van der Waals surface area contributed by atoms with E-state index in [0.717, 1.165) is 16.6 Å². The van der Waals surface area contributed by atoms with Gasteiger partial charge < -0.3 is 5.73 Å². The lowest BCUT2D eigenvalue weighted by Gasteiger charge is -2.27. The minimum absolute atomic E-state index is 0.0129. The second-order valence-electron chi connectivity index (χ2n) is 5.15. The molecule has 1 heterocycles. The Morgan fingerprint density at radius 2 is 1.69 bits per heavy atom. The first-order valence-electron chi connectivity index (χ1n) is 5.45. The van der Waals surface area contributed by atoms with Gasteiger partial charge in [0, 0.05) is 18.4 Å². The van der Waals surface area contributed by atoms with Crippen molar-refractivity contribution in [1.29, 1.82) is 0 Å². The molecule has 1 unspecified atom stereocenters. The lowest BCUT2D eigenvalue weighted by molar-refractivity contribution is 0.327. The van der Waals surface area contributed by atoms with Crippen LogP contribution in [-0.2, 0) is 0 Å². The summed E-state index contributed by atoms with van der Waals surface area (Å²) in [6.45, 7) is 6.41. The van der Waals surface area contributed by atoms with Crippen molar-refractivity contribution in [3.63, 3.8) is 0 Å². The average Bonchev–Trinajstić information content (AvgIpc) is 2.26. The van der Waals surface area contributed by atoms with E-state index in [2.05, 4.69) is 30.7 Å². The zero-order valence-corrected chi connectivity index (χ0v) is 9.94. The number of nitrogens with two attached hydrogens (primary N) is 1. The van der Waals surface area contributed by atoms with E-state index in [1.54, 1.807) is 12.4 Å². The van der Waals surface area contributed by atoms with E-state index in [1.165, 1.54) is 0 Å². The van der Waals surface area contributed by atoms with Crippen molar-refractivity contribution in [2.45, 2.75) is 26.8 Å². The molecule has 1 aromatic carbocycles. The Morgan fingerprint density at radius 1 is 1.06 bits per heavy atom. The molecule has 0 amide bonds. The second-order valence-corrected chi connectivity index (χ2v) is 5.15. The Kier molecular flexibility index (Phi) is 2.64. The predicted octanol–water partition coefficient (Wildman–Crippen LogP) is 2.68. The molecule has 3 nitrogen and oxygen atoms in total. The van der Waals surface area contributed by atoms with Crippen LogP contribution in [0.1, 0.15) is 32.4 Å². The SMILES string of the molecule is CC(C)(C)C(N)c1ccc2nccnc2c1. The number of hydrogen-bond acceptors (Lipinski definition) is 3. The smallest absolute Gasteiger partial charge is 0.0890 e. The van der Waals surface area contributed by atoms with Crippen LogP contribution in [0.4, 0.5) is 0 Å². The van der Waals surface area contributed by atoms with E-state index < -0.39 is 0 Å². The van der Waals surface area contributed by atoms with Crippen LogP contribution in [0, 0.1) is 5.41 Å². The molecule has 0 aliphatic heterocycles. The van der Waals surface area contributed by atoms with Crippen LogP contribution >= 0.6 is 0 Å². The number of benzene rings is 1. The van der Waals surface area contributed by atoms with Gasteiger partial charge in [0.05, 0.1) is 11.0 Å². The van der Waals surface area contributed by atoms with Crippen molar-refractivity contribution in [2.24, 2.45) is 11.1 Å². The normalized spacial score (nSPS) is 14.0. The fourth-order valence-corrected chi connectivity index (χ4v) is 1.67. The third-order valence-electron chi connectivity index (χ3n) is 2.79. The zero-order valence-electron chi connectivity index (χ0n) is 9.94. The van der Waals surface area contributed by atoms with Gasteiger partial charge in [0.25, 0.3) is 0 Å². The predicted molar refractivity (Wildman–Crippen MR) is 65.9 cm³/mol. The molecule has 2 aromatic rings. The van der Waals surface area contributed by atoms with Crippen molar-refractivity contribution in [3.05, 3.63) is 36.2 Å². The fourth-order valence-electron chi connectivity index (χ4n) is 1.67. The molecular weight excluding hydrogens is 198 g/mol. The van der Waals surface area contributed by atoms with Crippen LogP contribution in [-0.4, -0.2) is 9.97 Å². The number of aromatic nitrogens is 2. The summed E-state index contributed by atoms with van der Waals surface area (Å²) in [4.78, 5) is 8.53. The first-order valence-corrected chi connectivity index (χ1v) is 5.45. The van der Waals surface area contributed by atoms with E-state index >= 15 is 0 Å². The molecule has 16 heavy (non-hydrogen) atoms. The van der Waals surface area contributed by atoms with Crippen LogP contribution in [0.5, 0.6) is 0 Å². The largest absolute Gasteiger partial charge is 0.324 e. The number of rotatable bonds is 1. The average molecular weight is 215 g/mol. The molecule has 2 rings (SSSR count). The molecule has 0 fully saturated rings. The van der Waals surface area contributed by atoms with Crippen molar-refractivity contribution >= 4 is 11.0 Å². The maximum atomic E-state index is 6.21. The van der Waals surface area contributed by atoms with E-state index in [0.29, 0.717) is 0 Å². The van der Waals surface area contributed by atoms with Gasteiger partial charge in [0.2, 0.25) is 0 Å². The van der Waals surface area contributed by atoms with Gasteiger partial charge in [-0.2, -0.15) is 0 Å². The summed E-state index contributed by atoms with van der Waals surface area (Å²) in [5.74, 6) is 0. The Morgan fingerprint density at radius 3 is 2.31 bits per heavy atom. The molecule has 1 atom stereocenters. The Hall–Kier alpha value is -1.48. The summed E-state index contributed by atoms with van der Waals surface area (Å²) in [5, 5.41) is 0. The van der Waals surface area contributed by atoms with Gasteiger partial charge in [-0.1, -0.05) is 26.8 Å². The van der Waals surface area contributed by atoms with E-state index in [1.807, 2.05) is 18.2 Å². The molecule has 0 aliphatic rings. The molecule has 0 bridgehead atoms. The number of nitrogens with zero attached hydrogens (tertiary/aromatic N) is 2. The minimum Gasteiger partial charge on any atom is -0.324 e. The Labute approximate surface area is 95.7 Å². The molecular formula is C13H17N3. The third kappa shape index (κ3) is 2.04. The monoisotopic (exact) mass is 215 g/mol. The highest BCUT2D eigenvalue weighted by atomic mass is 14.8. The lowest BCUT2D eigenvalue weighted by atomic mass is 9.83. The molecule has 0 radical (unpaired) electrons. The second kappa shape index (κ2) is 3.83. The van der Waals surface area contributed by atoms with Gasteiger partial charge in [-0.15, -0.1) is 0 Å². The molecule has 2 N–H and O–H groups in total. The molecule has 0 saturated carbocycles. The van der Waals surface area contributed by atoms with Gasteiger partial charge in [-0.05, 0) is 23.1 Å². The van der Waals surface area contributed by atoms with E-state index in [-0.39, 0.29) is 11.5 Å². The standard InChI is InChI=1S/C13H17N3/c1-13(2,3)12(14)9-4-5-10-11(8-9)16-7-6-15-10/h4-8,12H,14H2,1-3H3. The molecule has 1 aromatic heterocycles. The van der Waals surface area contributed by atoms with Crippen LogP contribution in [0.2, 0.25) is 0 Å². The van der Waals surface area contributed by atoms with Crippen LogP contribution < -0.4 is 5.73 Å². The van der Waals surface area contributed by atoms with Gasteiger partial charge in [0.15, 0.2) is 0 Å². The number of fused-ring (bicyclic) bond motifs is 1. The summed E-state index contributed by atoms with van der Waals surface area (Å²) in [5.41, 5.74) is 9.19. The molecule has 3 heteroatoms. The summed E-state index contributed by atoms with van der Waals surface area (Å²) in [7, 11) is 0. The maximum absolute atomic E-state index is 6.21. The quantitative estimate of drug-likeness (QED) is 0.795. The summed E-state index contributed by atoms with van der Waals surface area (Å²) >= 11 is 0. The maximum Gasteiger partial charge on any atom is 0.0890 e. The first-order chi connectivity index (χ1) is 7.48. The molecule has 0 saturated heterocycles. The van der Waals surface area contributed by atoms with Gasteiger partial charge >= 0.3 is 0 Å². The third-order valence-corrected chi connectivity index (χ3v) is 2.79. The van der Waals surface area contributed by atoms with E-state index in [4.69, 9.17) is 5.73 Å². The summed E-state index contributed by atoms with van der Waals surface area (Å²) < 4.78 is 0. The Bertz CT molecular complexity index is 500. The zero-order chi connectivity index (χ0) is 11.8. The Balaban J connectivity index is 2.47. The lowest BCUT2D eigenvalue weighted by Crippen LogP contribution is -2.26. The first kappa shape index (κ1) is 11.0. The van der Waals surface area contributed by atoms with Gasteiger partial charge in [-0.25, -0.2) is 0 Å². The van der Waals surface area contributed by atoms with Crippen molar-refractivity contribution in [3.8, 4) is 0 Å². The highest BCUT2D eigenvalue weighted by molar-refractivity contribution is 5.74. The molecule has 0 spiro atoms. The number of hydrogen-bond donors (Lipinski definition) is 1. The van der Waals surface area contributed by atoms with Crippen LogP contribution in [0.15, 0.2) is 30.6 Å². The minimum atomic E-state index is 0.0129. The van der Waals surface area contributed by atoms with E-state index in [9.17, 15) is 0 Å². The topological polar surface area (TPSA) is 51.8 Å². The van der Waals surface area contributed by atoms with Crippen molar-refractivity contribution < 1.29 is 0 Å². The summed E-state index contributed by atoms with van der Waals surface area (Å²) in [6.07, 6.45) is 3.40. The van der Waals surface area contributed by atoms with Gasteiger partial charge in [0.1, 0.15) is 0 Å². The highest BCUT2D eigenvalue weighted by Gasteiger charge is 2.22. The molecule has 0 aliphatic carbocycles. The fraction of sp³-hybridized carbons (Fsp3) is 0.385.